The Labute approximate surface area is 132 Å². The van der Waals surface area contributed by atoms with Crippen molar-refractivity contribution in [3.63, 3.8) is 0 Å². The topological polar surface area (TPSA) is 78.4 Å². The molecule has 0 radical (unpaired) electrons. The lowest BCUT2D eigenvalue weighted by molar-refractivity contribution is -0.136. The number of urea groups is 1. The van der Waals surface area contributed by atoms with Crippen molar-refractivity contribution in [2.75, 3.05) is 6.54 Å². The van der Waals surface area contributed by atoms with Crippen LogP contribution < -0.4 is 10.6 Å². The average Bonchev–Trinajstić information content (AvgIpc) is 2.34. The van der Waals surface area contributed by atoms with Gasteiger partial charge in [-0.15, -0.1) is 0 Å². The standard InChI is InChI=1S/C14H16Cl2N2O3/c15-9-3-1-4-10(16)12(9)14(6-2-7-14)18-13(21)17-8-5-11(19)20/h1,3-4H,2,5-8H2,(H,19,20)(H2,17,18,21). The highest BCUT2D eigenvalue weighted by Gasteiger charge is 2.42. The molecule has 0 aliphatic heterocycles. The van der Waals surface area contributed by atoms with Crippen LogP contribution in [0.3, 0.4) is 0 Å². The summed E-state index contributed by atoms with van der Waals surface area (Å²) >= 11 is 12.4. The minimum atomic E-state index is -0.956. The van der Waals surface area contributed by atoms with Gasteiger partial charge in [-0.3, -0.25) is 4.79 Å². The second-order valence-corrected chi connectivity index (χ2v) is 5.87. The molecule has 7 heteroatoms. The van der Waals surface area contributed by atoms with Crippen LogP contribution in [0.25, 0.3) is 0 Å². The molecule has 1 aliphatic rings. The lowest BCUT2D eigenvalue weighted by atomic mass is 9.72. The second kappa shape index (κ2) is 6.54. The Morgan fingerprint density at radius 2 is 1.86 bits per heavy atom. The molecule has 2 amide bonds. The van der Waals surface area contributed by atoms with Gasteiger partial charge in [0.2, 0.25) is 0 Å². The normalized spacial score (nSPS) is 15.9. The van der Waals surface area contributed by atoms with Crippen LogP contribution >= 0.6 is 23.2 Å². The van der Waals surface area contributed by atoms with E-state index < -0.39 is 17.5 Å². The van der Waals surface area contributed by atoms with Crippen LogP contribution in [0.1, 0.15) is 31.2 Å². The van der Waals surface area contributed by atoms with E-state index in [1.54, 1.807) is 18.2 Å². The molecule has 5 nitrogen and oxygen atoms in total. The Balaban J connectivity index is 2.08. The van der Waals surface area contributed by atoms with Crippen molar-refractivity contribution in [2.24, 2.45) is 0 Å². The summed E-state index contributed by atoms with van der Waals surface area (Å²) in [6, 6.07) is 4.83. The van der Waals surface area contributed by atoms with Crippen LogP contribution in [0.15, 0.2) is 18.2 Å². The third kappa shape index (κ3) is 3.60. The quantitative estimate of drug-likeness (QED) is 0.775. The summed E-state index contributed by atoms with van der Waals surface area (Å²) in [6.07, 6.45) is 2.36. The molecule has 2 rings (SSSR count). The van der Waals surface area contributed by atoms with Crippen LogP contribution in [0.5, 0.6) is 0 Å². The Morgan fingerprint density at radius 1 is 1.24 bits per heavy atom. The number of amides is 2. The number of carboxylic acids is 1. The number of rotatable bonds is 5. The van der Waals surface area contributed by atoms with Crippen molar-refractivity contribution in [1.82, 2.24) is 10.6 Å². The predicted molar refractivity (Wildman–Crippen MR) is 80.8 cm³/mol. The van der Waals surface area contributed by atoms with Gasteiger partial charge in [0.25, 0.3) is 0 Å². The van der Waals surface area contributed by atoms with E-state index in [0.717, 1.165) is 24.8 Å². The fraction of sp³-hybridized carbons (Fsp3) is 0.429. The summed E-state index contributed by atoms with van der Waals surface area (Å²) in [7, 11) is 0. The molecule has 0 spiro atoms. The highest BCUT2D eigenvalue weighted by Crippen LogP contribution is 2.46. The minimum absolute atomic E-state index is 0.0769. The van der Waals surface area contributed by atoms with E-state index in [-0.39, 0.29) is 13.0 Å². The van der Waals surface area contributed by atoms with Gasteiger partial charge in [-0.05, 0) is 31.4 Å². The van der Waals surface area contributed by atoms with Crippen molar-refractivity contribution in [1.29, 1.82) is 0 Å². The number of halogens is 2. The van der Waals surface area contributed by atoms with Gasteiger partial charge in [0.1, 0.15) is 0 Å². The van der Waals surface area contributed by atoms with Crippen LogP contribution in [0.2, 0.25) is 10.0 Å². The molecule has 0 atom stereocenters. The molecule has 0 saturated heterocycles. The zero-order chi connectivity index (χ0) is 15.5. The Hall–Kier alpha value is -1.46. The number of carbonyl (C=O) groups excluding carboxylic acids is 1. The molecular weight excluding hydrogens is 315 g/mol. The van der Waals surface area contributed by atoms with Gasteiger partial charge in [-0.25, -0.2) is 4.79 Å². The van der Waals surface area contributed by atoms with Crippen molar-refractivity contribution in [2.45, 2.75) is 31.2 Å². The SMILES string of the molecule is O=C(O)CCNC(=O)NC1(c2c(Cl)cccc2Cl)CCC1. The van der Waals surface area contributed by atoms with E-state index in [4.69, 9.17) is 28.3 Å². The highest BCUT2D eigenvalue weighted by atomic mass is 35.5. The number of carbonyl (C=O) groups is 2. The van der Waals surface area contributed by atoms with Gasteiger partial charge in [0, 0.05) is 22.2 Å². The molecular formula is C14H16Cl2N2O3. The zero-order valence-electron chi connectivity index (χ0n) is 11.3. The maximum Gasteiger partial charge on any atom is 0.315 e. The van der Waals surface area contributed by atoms with E-state index in [0.29, 0.717) is 10.0 Å². The molecule has 3 N–H and O–H groups in total. The lowest BCUT2D eigenvalue weighted by Crippen LogP contribution is -2.54. The van der Waals surface area contributed by atoms with E-state index in [9.17, 15) is 9.59 Å². The maximum absolute atomic E-state index is 11.9. The van der Waals surface area contributed by atoms with Crippen molar-refractivity contribution < 1.29 is 14.7 Å². The molecule has 21 heavy (non-hydrogen) atoms. The number of aliphatic carboxylic acids is 1. The fourth-order valence-corrected chi connectivity index (χ4v) is 3.23. The molecule has 1 aromatic carbocycles. The summed E-state index contributed by atoms with van der Waals surface area (Å²) < 4.78 is 0. The first-order valence-corrected chi connectivity index (χ1v) is 7.42. The summed E-state index contributed by atoms with van der Waals surface area (Å²) in [4.78, 5) is 22.4. The van der Waals surface area contributed by atoms with Gasteiger partial charge in [0.15, 0.2) is 0 Å². The van der Waals surface area contributed by atoms with Gasteiger partial charge < -0.3 is 15.7 Å². The number of hydrogen-bond donors (Lipinski definition) is 3. The summed E-state index contributed by atoms with van der Waals surface area (Å²) in [5.74, 6) is -0.956. The molecule has 0 unspecified atom stereocenters. The van der Waals surface area contributed by atoms with E-state index >= 15 is 0 Å². The molecule has 1 fully saturated rings. The van der Waals surface area contributed by atoms with E-state index in [1.807, 2.05) is 0 Å². The molecule has 0 bridgehead atoms. The molecule has 114 valence electrons. The molecule has 0 aromatic heterocycles. The van der Waals surface area contributed by atoms with Crippen LogP contribution in [-0.2, 0) is 10.3 Å². The molecule has 1 aromatic rings. The number of hydrogen-bond acceptors (Lipinski definition) is 2. The van der Waals surface area contributed by atoms with Crippen molar-refractivity contribution >= 4 is 35.2 Å². The zero-order valence-corrected chi connectivity index (χ0v) is 12.8. The largest absolute Gasteiger partial charge is 0.481 e. The monoisotopic (exact) mass is 330 g/mol. The highest BCUT2D eigenvalue weighted by molar-refractivity contribution is 6.36. The van der Waals surface area contributed by atoms with E-state index in [1.165, 1.54) is 0 Å². The second-order valence-electron chi connectivity index (χ2n) is 5.06. The number of nitrogens with one attached hydrogen (secondary N) is 2. The number of benzene rings is 1. The Kier molecular flexibility index (Phi) is 4.96. The maximum atomic E-state index is 11.9. The predicted octanol–water partition coefficient (Wildman–Crippen LogP) is 3.15. The van der Waals surface area contributed by atoms with Crippen LogP contribution in [-0.4, -0.2) is 23.7 Å². The molecule has 1 aliphatic carbocycles. The van der Waals surface area contributed by atoms with Gasteiger partial charge in [-0.1, -0.05) is 29.3 Å². The third-order valence-corrected chi connectivity index (χ3v) is 4.26. The first-order chi connectivity index (χ1) is 9.94. The summed E-state index contributed by atoms with van der Waals surface area (Å²) in [5.41, 5.74) is 0.163. The fourth-order valence-electron chi connectivity index (χ4n) is 2.47. The van der Waals surface area contributed by atoms with Gasteiger partial charge in [0.05, 0.1) is 12.0 Å². The Bertz CT molecular complexity index is 539. The van der Waals surface area contributed by atoms with Gasteiger partial charge >= 0.3 is 12.0 Å². The van der Waals surface area contributed by atoms with Crippen molar-refractivity contribution in [3.05, 3.63) is 33.8 Å². The van der Waals surface area contributed by atoms with Crippen LogP contribution in [0.4, 0.5) is 4.79 Å². The number of carboxylic acid groups (broad SMARTS) is 1. The Morgan fingerprint density at radius 3 is 2.33 bits per heavy atom. The lowest BCUT2D eigenvalue weighted by Gasteiger charge is -2.43. The van der Waals surface area contributed by atoms with Gasteiger partial charge in [-0.2, -0.15) is 0 Å². The molecule has 0 heterocycles. The first kappa shape index (κ1) is 15.9. The van der Waals surface area contributed by atoms with Crippen LogP contribution in [0, 0.1) is 0 Å². The summed E-state index contributed by atoms with van der Waals surface area (Å²) in [6.45, 7) is 0.0769. The summed E-state index contributed by atoms with van der Waals surface area (Å²) in [5, 5.41) is 15.0. The van der Waals surface area contributed by atoms with E-state index in [2.05, 4.69) is 10.6 Å². The smallest absolute Gasteiger partial charge is 0.315 e. The van der Waals surface area contributed by atoms with Crippen molar-refractivity contribution in [3.8, 4) is 0 Å². The third-order valence-electron chi connectivity index (χ3n) is 3.63. The minimum Gasteiger partial charge on any atom is -0.481 e. The molecule has 1 saturated carbocycles. The first-order valence-electron chi connectivity index (χ1n) is 6.67. The average molecular weight is 331 g/mol.